The van der Waals surface area contributed by atoms with Crippen molar-refractivity contribution in [3.63, 3.8) is 0 Å². The smallest absolute Gasteiger partial charge is 0.234 e. The van der Waals surface area contributed by atoms with Crippen LogP contribution in [0.2, 0.25) is 0 Å². The summed E-state index contributed by atoms with van der Waals surface area (Å²) in [6.07, 6.45) is 0.530. The van der Waals surface area contributed by atoms with Crippen LogP contribution in [-0.2, 0) is 16.6 Å². The topological polar surface area (TPSA) is 77.3 Å². The molecule has 0 bridgehead atoms. The highest BCUT2D eigenvalue weighted by atomic mass is 19.1. The van der Waals surface area contributed by atoms with Gasteiger partial charge in [0.15, 0.2) is 5.82 Å². The predicted molar refractivity (Wildman–Crippen MR) is 75.0 cm³/mol. The van der Waals surface area contributed by atoms with E-state index in [9.17, 15) is 9.18 Å². The van der Waals surface area contributed by atoms with Gasteiger partial charge >= 0.3 is 0 Å². The molecule has 1 aliphatic rings. The SMILES string of the molecule is COc1ccc(Cc2noc(C3(C)CNC(=O)C3)n2)c(F)c1. The molecule has 1 N–H and O–H groups in total. The number of rotatable bonds is 4. The fourth-order valence-electron chi connectivity index (χ4n) is 2.46. The molecule has 0 aliphatic carbocycles. The lowest BCUT2D eigenvalue weighted by atomic mass is 9.90. The maximum absolute atomic E-state index is 13.9. The molecular weight excluding hydrogens is 289 g/mol. The zero-order chi connectivity index (χ0) is 15.7. The predicted octanol–water partition coefficient (Wildman–Crippen LogP) is 1.59. The molecule has 1 saturated heterocycles. The Balaban J connectivity index is 1.79. The Morgan fingerprint density at radius 3 is 2.95 bits per heavy atom. The lowest BCUT2D eigenvalue weighted by molar-refractivity contribution is -0.119. The number of aromatic nitrogens is 2. The number of ether oxygens (including phenoxy) is 1. The summed E-state index contributed by atoms with van der Waals surface area (Å²) in [5.41, 5.74) is -0.0419. The molecule has 6 nitrogen and oxygen atoms in total. The van der Waals surface area contributed by atoms with Crippen LogP contribution in [0.4, 0.5) is 4.39 Å². The molecule has 2 aromatic rings. The lowest BCUT2D eigenvalue weighted by Gasteiger charge is -2.14. The van der Waals surface area contributed by atoms with Gasteiger partial charge in [0.2, 0.25) is 11.8 Å². The van der Waals surface area contributed by atoms with Gasteiger partial charge in [0.1, 0.15) is 11.6 Å². The third-order valence-electron chi connectivity index (χ3n) is 3.82. The first-order valence-corrected chi connectivity index (χ1v) is 6.92. The van der Waals surface area contributed by atoms with Crippen molar-refractivity contribution in [2.45, 2.75) is 25.2 Å². The van der Waals surface area contributed by atoms with Crippen LogP contribution in [0, 0.1) is 5.82 Å². The van der Waals surface area contributed by atoms with Crippen molar-refractivity contribution in [2.75, 3.05) is 13.7 Å². The molecule has 2 heterocycles. The van der Waals surface area contributed by atoms with E-state index in [1.165, 1.54) is 13.2 Å². The minimum Gasteiger partial charge on any atom is -0.497 e. The summed E-state index contributed by atoms with van der Waals surface area (Å²) >= 11 is 0. The van der Waals surface area contributed by atoms with Crippen LogP contribution in [0.15, 0.2) is 22.7 Å². The van der Waals surface area contributed by atoms with Crippen LogP contribution in [0.3, 0.4) is 0 Å². The monoisotopic (exact) mass is 305 g/mol. The molecule has 1 unspecified atom stereocenters. The molecule has 1 aromatic carbocycles. The maximum Gasteiger partial charge on any atom is 0.234 e. The van der Waals surface area contributed by atoms with Crippen LogP contribution >= 0.6 is 0 Å². The maximum atomic E-state index is 13.9. The van der Waals surface area contributed by atoms with Gasteiger partial charge in [-0.2, -0.15) is 4.98 Å². The number of amides is 1. The van der Waals surface area contributed by atoms with Crippen LogP contribution in [0.25, 0.3) is 0 Å². The van der Waals surface area contributed by atoms with E-state index in [0.717, 1.165) is 0 Å². The summed E-state index contributed by atoms with van der Waals surface area (Å²) in [4.78, 5) is 15.7. The summed E-state index contributed by atoms with van der Waals surface area (Å²) in [6.45, 7) is 2.35. The van der Waals surface area contributed by atoms with Gasteiger partial charge in [-0.15, -0.1) is 0 Å². The number of nitrogens with one attached hydrogen (secondary N) is 1. The first kappa shape index (κ1) is 14.5. The van der Waals surface area contributed by atoms with Crippen molar-refractivity contribution in [1.29, 1.82) is 0 Å². The van der Waals surface area contributed by atoms with Gasteiger partial charge in [0, 0.05) is 25.5 Å². The summed E-state index contributed by atoms with van der Waals surface area (Å²) < 4.78 is 24.2. The van der Waals surface area contributed by atoms with Gasteiger partial charge in [0.25, 0.3) is 0 Å². The minimum atomic E-state index is -0.499. The fraction of sp³-hybridized carbons (Fsp3) is 0.400. The third kappa shape index (κ3) is 2.66. The van der Waals surface area contributed by atoms with Crippen LogP contribution < -0.4 is 10.1 Å². The Morgan fingerprint density at radius 2 is 2.32 bits per heavy atom. The number of carbonyl (C=O) groups excluding carboxylic acids is 1. The summed E-state index contributed by atoms with van der Waals surface area (Å²) in [5, 5.41) is 6.64. The highest BCUT2D eigenvalue weighted by molar-refractivity contribution is 5.80. The van der Waals surface area contributed by atoms with Gasteiger partial charge in [0.05, 0.1) is 12.5 Å². The zero-order valence-corrected chi connectivity index (χ0v) is 12.4. The molecule has 1 fully saturated rings. The van der Waals surface area contributed by atoms with Crippen molar-refractivity contribution in [2.24, 2.45) is 0 Å². The lowest BCUT2D eigenvalue weighted by Crippen LogP contribution is -2.25. The van der Waals surface area contributed by atoms with E-state index < -0.39 is 5.41 Å². The van der Waals surface area contributed by atoms with Crippen molar-refractivity contribution in [3.05, 3.63) is 41.3 Å². The molecule has 22 heavy (non-hydrogen) atoms. The Kier molecular flexibility index (Phi) is 3.56. The molecule has 1 aromatic heterocycles. The summed E-state index contributed by atoms with van der Waals surface area (Å²) in [7, 11) is 1.48. The second-order valence-electron chi connectivity index (χ2n) is 5.66. The summed E-state index contributed by atoms with van der Waals surface area (Å²) in [5.74, 6) is 0.825. The molecule has 1 amide bonds. The number of benzene rings is 1. The van der Waals surface area contributed by atoms with Crippen molar-refractivity contribution < 1.29 is 18.4 Å². The largest absolute Gasteiger partial charge is 0.497 e. The molecule has 116 valence electrons. The Morgan fingerprint density at radius 1 is 1.50 bits per heavy atom. The normalized spacial score (nSPS) is 21.0. The zero-order valence-electron chi connectivity index (χ0n) is 12.4. The third-order valence-corrected chi connectivity index (χ3v) is 3.82. The van der Waals surface area contributed by atoms with E-state index in [0.29, 0.717) is 36.0 Å². The van der Waals surface area contributed by atoms with E-state index in [-0.39, 0.29) is 18.1 Å². The van der Waals surface area contributed by atoms with Crippen molar-refractivity contribution >= 4 is 5.91 Å². The van der Waals surface area contributed by atoms with E-state index in [2.05, 4.69) is 15.5 Å². The first-order valence-electron chi connectivity index (χ1n) is 6.92. The Bertz CT molecular complexity index is 716. The number of methoxy groups -OCH3 is 1. The molecular formula is C15H16FN3O3. The number of carbonyl (C=O) groups is 1. The second kappa shape index (κ2) is 5.40. The highest BCUT2D eigenvalue weighted by Gasteiger charge is 2.40. The van der Waals surface area contributed by atoms with E-state index in [1.807, 2.05) is 6.92 Å². The van der Waals surface area contributed by atoms with Crippen LogP contribution in [0.5, 0.6) is 5.75 Å². The molecule has 0 spiro atoms. The van der Waals surface area contributed by atoms with Crippen LogP contribution in [-0.4, -0.2) is 29.7 Å². The van der Waals surface area contributed by atoms with Gasteiger partial charge in [-0.3, -0.25) is 4.79 Å². The van der Waals surface area contributed by atoms with Gasteiger partial charge in [-0.05, 0) is 18.6 Å². The minimum absolute atomic E-state index is 0.0385. The average Bonchev–Trinajstić information content (AvgIpc) is 3.09. The van der Waals surface area contributed by atoms with Gasteiger partial charge < -0.3 is 14.6 Å². The molecule has 1 aliphatic heterocycles. The number of hydrogen-bond acceptors (Lipinski definition) is 5. The summed E-state index contributed by atoms with van der Waals surface area (Å²) in [6, 6.07) is 4.63. The van der Waals surface area contributed by atoms with Crippen LogP contribution in [0.1, 0.15) is 30.6 Å². The van der Waals surface area contributed by atoms with E-state index in [1.54, 1.807) is 12.1 Å². The molecule has 0 saturated carbocycles. The molecule has 7 heteroatoms. The molecule has 3 rings (SSSR count). The first-order chi connectivity index (χ1) is 10.5. The fourth-order valence-corrected chi connectivity index (χ4v) is 2.46. The highest BCUT2D eigenvalue weighted by Crippen LogP contribution is 2.29. The number of hydrogen-bond donors (Lipinski definition) is 1. The molecule has 1 atom stereocenters. The Labute approximate surface area is 126 Å². The van der Waals surface area contributed by atoms with Gasteiger partial charge in [-0.25, -0.2) is 4.39 Å². The van der Waals surface area contributed by atoms with E-state index >= 15 is 0 Å². The quantitative estimate of drug-likeness (QED) is 0.928. The van der Waals surface area contributed by atoms with E-state index in [4.69, 9.17) is 9.26 Å². The van der Waals surface area contributed by atoms with Gasteiger partial charge in [-0.1, -0.05) is 11.2 Å². The average molecular weight is 305 g/mol. The number of halogens is 1. The standard InChI is InChI=1S/C15H16FN3O3/c1-15(7-13(20)17-8-15)14-18-12(19-22-14)5-9-3-4-10(21-2)6-11(9)16/h3-4,6H,5,7-8H2,1-2H3,(H,17,20). The van der Waals surface area contributed by atoms with Crippen molar-refractivity contribution in [3.8, 4) is 5.75 Å². The number of nitrogens with zero attached hydrogens (tertiary/aromatic N) is 2. The van der Waals surface area contributed by atoms with Crippen molar-refractivity contribution in [1.82, 2.24) is 15.5 Å². The second-order valence-corrected chi connectivity index (χ2v) is 5.66. The Hall–Kier alpha value is -2.44. The molecule has 0 radical (unpaired) electrons.